The second-order valence-corrected chi connectivity index (χ2v) is 5.93. The molecule has 0 N–H and O–H groups in total. The lowest BCUT2D eigenvalue weighted by molar-refractivity contribution is 0.945. The standard InChI is InChI=1S/C16H14N2S/c1-2-5-13(6-3-1)18-11-12-8-10-19-15(12)14-7-4-9-17-16(14)18/h1-7,9H,8,10-11H2. The summed E-state index contributed by atoms with van der Waals surface area (Å²) in [4.78, 5) is 8.42. The third-order valence-corrected chi connectivity index (χ3v) is 4.88. The lowest BCUT2D eigenvalue weighted by atomic mass is 10.0. The number of hydrogen-bond acceptors (Lipinski definition) is 3. The molecule has 3 heteroatoms. The zero-order valence-electron chi connectivity index (χ0n) is 10.5. The van der Waals surface area contributed by atoms with Gasteiger partial charge in [0.25, 0.3) is 0 Å². The molecule has 2 aliphatic heterocycles. The van der Waals surface area contributed by atoms with Gasteiger partial charge < -0.3 is 4.90 Å². The molecular formula is C16H14N2S. The predicted molar refractivity (Wildman–Crippen MR) is 81.7 cm³/mol. The summed E-state index contributed by atoms with van der Waals surface area (Å²) in [6.45, 7) is 0.982. The van der Waals surface area contributed by atoms with Gasteiger partial charge in [-0.2, -0.15) is 0 Å². The molecule has 0 unspecified atom stereocenters. The molecule has 0 amide bonds. The van der Waals surface area contributed by atoms with Gasteiger partial charge in [-0.05, 0) is 36.3 Å². The van der Waals surface area contributed by atoms with E-state index in [2.05, 4.69) is 46.3 Å². The van der Waals surface area contributed by atoms with Crippen molar-refractivity contribution in [3.63, 3.8) is 0 Å². The lowest BCUT2D eigenvalue weighted by Gasteiger charge is -2.31. The molecular weight excluding hydrogens is 252 g/mol. The average Bonchev–Trinajstić information content (AvgIpc) is 2.96. The van der Waals surface area contributed by atoms with Crippen molar-refractivity contribution in [3.8, 4) is 0 Å². The van der Waals surface area contributed by atoms with Gasteiger partial charge in [0.1, 0.15) is 5.82 Å². The Morgan fingerprint density at radius 3 is 2.84 bits per heavy atom. The Morgan fingerprint density at radius 2 is 1.95 bits per heavy atom. The molecule has 19 heavy (non-hydrogen) atoms. The van der Waals surface area contributed by atoms with E-state index in [1.807, 2.05) is 24.0 Å². The van der Waals surface area contributed by atoms with E-state index in [4.69, 9.17) is 0 Å². The van der Waals surface area contributed by atoms with E-state index in [9.17, 15) is 0 Å². The molecule has 4 rings (SSSR count). The van der Waals surface area contributed by atoms with Crippen LogP contribution >= 0.6 is 11.8 Å². The van der Waals surface area contributed by atoms with Gasteiger partial charge >= 0.3 is 0 Å². The fourth-order valence-electron chi connectivity index (χ4n) is 2.79. The van der Waals surface area contributed by atoms with Crippen LogP contribution in [0.3, 0.4) is 0 Å². The van der Waals surface area contributed by atoms with Gasteiger partial charge in [0.05, 0.1) is 0 Å². The molecule has 1 aromatic carbocycles. The number of pyridine rings is 1. The van der Waals surface area contributed by atoms with Crippen molar-refractivity contribution in [3.05, 3.63) is 59.8 Å². The number of fused-ring (bicyclic) bond motifs is 2. The SMILES string of the molecule is c1ccc(N2CC3=C(SCC3)c3cccnc32)cc1. The van der Waals surface area contributed by atoms with Gasteiger partial charge in [0, 0.05) is 34.7 Å². The molecule has 3 heterocycles. The Kier molecular flexibility index (Phi) is 2.59. The molecule has 0 spiro atoms. The molecule has 0 aliphatic carbocycles. The molecule has 0 radical (unpaired) electrons. The number of anilines is 2. The molecule has 0 bridgehead atoms. The summed E-state index contributed by atoms with van der Waals surface area (Å²) in [5, 5.41) is 0. The van der Waals surface area contributed by atoms with Crippen molar-refractivity contribution in [1.29, 1.82) is 0 Å². The highest BCUT2D eigenvalue weighted by Crippen LogP contribution is 2.47. The van der Waals surface area contributed by atoms with Crippen molar-refractivity contribution >= 4 is 28.2 Å². The van der Waals surface area contributed by atoms with Crippen LogP contribution in [0.25, 0.3) is 4.91 Å². The third-order valence-electron chi connectivity index (χ3n) is 3.68. The second-order valence-electron chi connectivity index (χ2n) is 4.83. The van der Waals surface area contributed by atoms with Gasteiger partial charge in [0.15, 0.2) is 0 Å². The Bertz CT molecular complexity index is 649. The van der Waals surface area contributed by atoms with E-state index in [-0.39, 0.29) is 0 Å². The number of para-hydroxylation sites is 1. The topological polar surface area (TPSA) is 16.1 Å². The van der Waals surface area contributed by atoms with Crippen molar-refractivity contribution in [2.75, 3.05) is 17.2 Å². The minimum Gasteiger partial charge on any atom is -0.322 e. The summed E-state index contributed by atoms with van der Waals surface area (Å²) in [5.74, 6) is 2.31. The van der Waals surface area contributed by atoms with E-state index in [1.54, 1.807) is 5.57 Å². The van der Waals surface area contributed by atoms with Gasteiger partial charge in [-0.3, -0.25) is 0 Å². The fraction of sp³-hybridized carbons (Fsp3) is 0.188. The number of hydrogen-bond donors (Lipinski definition) is 0. The molecule has 2 aromatic rings. The van der Waals surface area contributed by atoms with Crippen LogP contribution in [0.2, 0.25) is 0 Å². The fourth-order valence-corrected chi connectivity index (χ4v) is 4.03. The van der Waals surface area contributed by atoms with Crippen LogP contribution in [0.1, 0.15) is 12.0 Å². The molecule has 0 atom stereocenters. The van der Waals surface area contributed by atoms with Gasteiger partial charge in [0.2, 0.25) is 0 Å². The minimum atomic E-state index is 0.982. The largest absolute Gasteiger partial charge is 0.322 e. The molecule has 94 valence electrons. The normalized spacial score (nSPS) is 17.4. The van der Waals surface area contributed by atoms with Gasteiger partial charge in [-0.15, -0.1) is 11.8 Å². The third kappa shape index (κ3) is 1.77. The van der Waals surface area contributed by atoms with Crippen molar-refractivity contribution in [2.24, 2.45) is 0 Å². The number of nitrogens with zero attached hydrogens (tertiary/aromatic N) is 2. The summed E-state index contributed by atoms with van der Waals surface area (Å²) in [6.07, 6.45) is 3.09. The van der Waals surface area contributed by atoms with E-state index >= 15 is 0 Å². The van der Waals surface area contributed by atoms with E-state index in [0.717, 1.165) is 12.4 Å². The highest BCUT2D eigenvalue weighted by atomic mass is 32.2. The first-order chi connectivity index (χ1) is 9.43. The number of aromatic nitrogens is 1. The maximum absolute atomic E-state index is 4.62. The Balaban J connectivity index is 1.88. The van der Waals surface area contributed by atoms with E-state index in [1.165, 1.54) is 28.3 Å². The van der Waals surface area contributed by atoms with Crippen LogP contribution in [-0.4, -0.2) is 17.3 Å². The van der Waals surface area contributed by atoms with Crippen molar-refractivity contribution in [1.82, 2.24) is 4.98 Å². The summed E-state index contributed by atoms with van der Waals surface area (Å²) < 4.78 is 0. The highest BCUT2D eigenvalue weighted by molar-refractivity contribution is 8.08. The van der Waals surface area contributed by atoms with Gasteiger partial charge in [-0.1, -0.05) is 18.2 Å². The molecule has 0 fully saturated rings. The predicted octanol–water partition coefficient (Wildman–Crippen LogP) is 4.08. The summed E-state index contributed by atoms with van der Waals surface area (Å²) in [5.41, 5.74) is 4.09. The van der Waals surface area contributed by atoms with Crippen molar-refractivity contribution in [2.45, 2.75) is 6.42 Å². The molecule has 2 nitrogen and oxygen atoms in total. The highest BCUT2D eigenvalue weighted by Gasteiger charge is 2.29. The van der Waals surface area contributed by atoms with Crippen LogP contribution in [0.15, 0.2) is 54.2 Å². The van der Waals surface area contributed by atoms with Crippen LogP contribution in [0, 0.1) is 0 Å². The van der Waals surface area contributed by atoms with Crippen LogP contribution in [0.5, 0.6) is 0 Å². The quantitative estimate of drug-likeness (QED) is 0.773. The zero-order valence-corrected chi connectivity index (χ0v) is 11.4. The smallest absolute Gasteiger partial charge is 0.141 e. The van der Waals surface area contributed by atoms with E-state index in [0.29, 0.717) is 0 Å². The zero-order chi connectivity index (χ0) is 12.7. The maximum Gasteiger partial charge on any atom is 0.141 e. The Hall–Kier alpha value is -1.74. The van der Waals surface area contributed by atoms with Gasteiger partial charge in [-0.25, -0.2) is 4.98 Å². The molecule has 0 saturated carbocycles. The summed E-state index contributed by atoms with van der Waals surface area (Å²) >= 11 is 1.98. The lowest BCUT2D eigenvalue weighted by Crippen LogP contribution is -2.25. The minimum absolute atomic E-state index is 0.982. The molecule has 2 aliphatic rings. The summed E-state index contributed by atoms with van der Waals surface area (Å²) in [6, 6.07) is 14.8. The van der Waals surface area contributed by atoms with Crippen LogP contribution in [0.4, 0.5) is 11.5 Å². The summed E-state index contributed by atoms with van der Waals surface area (Å²) in [7, 11) is 0. The first kappa shape index (κ1) is 11.1. The number of thioether (sulfide) groups is 1. The van der Waals surface area contributed by atoms with Crippen molar-refractivity contribution < 1.29 is 0 Å². The average molecular weight is 266 g/mol. The first-order valence-corrected chi connectivity index (χ1v) is 7.55. The monoisotopic (exact) mass is 266 g/mol. The van der Waals surface area contributed by atoms with Crippen LogP contribution in [-0.2, 0) is 0 Å². The molecule has 0 saturated heterocycles. The Labute approximate surface area is 117 Å². The van der Waals surface area contributed by atoms with E-state index < -0.39 is 0 Å². The molecule has 1 aromatic heterocycles. The number of benzene rings is 1. The first-order valence-electron chi connectivity index (χ1n) is 6.56. The van der Waals surface area contributed by atoms with Crippen LogP contribution < -0.4 is 4.90 Å². The maximum atomic E-state index is 4.62. The second kappa shape index (κ2) is 4.42. The number of rotatable bonds is 1. The Morgan fingerprint density at radius 1 is 1.05 bits per heavy atom.